The molecular formula is C20H28N4O2. The van der Waals surface area contributed by atoms with Crippen LogP contribution in [0.2, 0.25) is 0 Å². The topological polar surface area (TPSA) is 51.8 Å². The second-order valence-corrected chi connectivity index (χ2v) is 7.31. The maximum absolute atomic E-state index is 12.6. The van der Waals surface area contributed by atoms with Crippen LogP contribution in [-0.4, -0.2) is 80.4 Å². The Kier molecular flexibility index (Phi) is 5.24. The number of fused-ring (bicyclic) bond motifs is 1. The summed E-state index contributed by atoms with van der Waals surface area (Å²) >= 11 is 0. The van der Waals surface area contributed by atoms with Crippen LogP contribution >= 0.6 is 0 Å². The lowest BCUT2D eigenvalue weighted by atomic mass is 10.1. The molecule has 6 heteroatoms. The number of nitrogens with one attached hydrogen (secondary N) is 1. The Morgan fingerprint density at radius 2 is 1.69 bits per heavy atom. The number of ether oxygens (including phenoxy) is 1. The van der Waals surface area contributed by atoms with Crippen LogP contribution in [0, 0.1) is 6.92 Å². The molecule has 0 amide bonds. The molecule has 2 saturated heterocycles. The molecule has 0 bridgehead atoms. The van der Waals surface area contributed by atoms with Crippen molar-refractivity contribution in [3.05, 3.63) is 40.2 Å². The van der Waals surface area contributed by atoms with Crippen molar-refractivity contribution in [1.82, 2.24) is 14.8 Å². The van der Waals surface area contributed by atoms with Crippen LogP contribution in [0.3, 0.4) is 0 Å². The van der Waals surface area contributed by atoms with E-state index in [1.807, 2.05) is 25.1 Å². The Balaban J connectivity index is 1.38. The van der Waals surface area contributed by atoms with Gasteiger partial charge >= 0.3 is 0 Å². The summed E-state index contributed by atoms with van der Waals surface area (Å²) in [5.41, 5.74) is 2.88. The molecule has 6 nitrogen and oxygen atoms in total. The van der Waals surface area contributed by atoms with Gasteiger partial charge in [0.2, 0.25) is 0 Å². The number of hydrogen-bond acceptors (Lipinski definition) is 5. The van der Waals surface area contributed by atoms with Gasteiger partial charge in [0, 0.05) is 57.7 Å². The number of hydrogen-bond donors (Lipinski definition) is 1. The lowest BCUT2D eigenvalue weighted by Gasteiger charge is -2.37. The molecule has 0 spiro atoms. The van der Waals surface area contributed by atoms with Crippen LogP contribution < -0.4 is 10.5 Å². The molecule has 1 N–H and O–H groups in total. The van der Waals surface area contributed by atoms with Gasteiger partial charge in [0.15, 0.2) is 0 Å². The average molecular weight is 356 g/mol. The van der Waals surface area contributed by atoms with E-state index < -0.39 is 0 Å². The number of morpholine rings is 1. The Morgan fingerprint density at radius 3 is 2.42 bits per heavy atom. The number of piperazine rings is 1. The van der Waals surface area contributed by atoms with E-state index in [1.54, 1.807) is 0 Å². The van der Waals surface area contributed by atoms with E-state index in [0.29, 0.717) is 0 Å². The van der Waals surface area contributed by atoms with Gasteiger partial charge in [-0.05, 0) is 18.6 Å². The summed E-state index contributed by atoms with van der Waals surface area (Å²) in [6.07, 6.45) is 0. The highest BCUT2D eigenvalue weighted by Crippen LogP contribution is 2.20. The first kappa shape index (κ1) is 17.5. The number of benzene rings is 1. The summed E-state index contributed by atoms with van der Waals surface area (Å²) in [7, 11) is 0. The minimum atomic E-state index is 0.0218. The van der Waals surface area contributed by atoms with E-state index in [-0.39, 0.29) is 5.56 Å². The Labute approximate surface area is 154 Å². The second kappa shape index (κ2) is 7.78. The highest BCUT2D eigenvalue weighted by molar-refractivity contribution is 5.84. The molecule has 26 heavy (non-hydrogen) atoms. The van der Waals surface area contributed by atoms with Gasteiger partial charge in [-0.1, -0.05) is 18.2 Å². The number of aromatic nitrogens is 1. The van der Waals surface area contributed by atoms with E-state index in [4.69, 9.17) is 4.74 Å². The van der Waals surface area contributed by atoms with Crippen molar-refractivity contribution in [2.45, 2.75) is 6.92 Å². The first-order valence-electron chi connectivity index (χ1n) is 9.61. The molecule has 0 aliphatic carbocycles. The number of aryl methyl sites for hydroxylation is 1. The molecule has 2 aromatic rings. The van der Waals surface area contributed by atoms with Crippen molar-refractivity contribution in [3.8, 4) is 0 Å². The molecule has 4 rings (SSSR count). The number of aromatic amines is 1. The second-order valence-electron chi connectivity index (χ2n) is 7.31. The van der Waals surface area contributed by atoms with Crippen molar-refractivity contribution < 1.29 is 4.74 Å². The molecule has 1 aromatic carbocycles. The molecule has 2 fully saturated rings. The third kappa shape index (κ3) is 3.77. The number of anilines is 1. The van der Waals surface area contributed by atoms with Crippen LogP contribution in [0.1, 0.15) is 5.56 Å². The van der Waals surface area contributed by atoms with E-state index in [2.05, 4.69) is 25.8 Å². The Morgan fingerprint density at radius 1 is 1.00 bits per heavy atom. The summed E-state index contributed by atoms with van der Waals surface area (Å²) < 4.78 is 5.41. The van der Waals surface area contributed by atoms with E-state index in [1.165, 1.54) is 0 Å². The maximum Gasteiger partial charge on any atom is 0.271 e. The highest BCUT2D eigenvalue weighted by atomic mass is 16.5. The predicted molar refractivity (Wildman–Crippen MR) is 105 cm³/mol. The third-order valence-electron chi connectivity index (χ3n) is 5.62. The summed E-state index contributed by atoms with van der Waals surface area (Å²) in [5.74, 6) is 0. The smallest absolute Gasteiger partial charge is 0.271 e. The van der Waals surface area contributed by atoms with Crippen LogP contribution in [0.5, 0.6) is 0 Å². The molecule has 1 aromatic heterocycles. The van der Waals surface area contributed by atoms with Gasteiger partial charge in [-0.2, -0.15) is 0 Å². The molecule has 3 heterocycles. The number of H-pyrrole nitrogens is 1. The van der Waals surface area contributed by atoms with E-state index in [9.17, 15) is 4.79 Å². The SMILES string of the molecule is Cc1cccc2cc(N3CCN(CCN4CCOCC4)CC3)c(=O)[nH]c12. The molecule has 140 valence electrons. The molecule has 0 radical (unpaired) electrons. The zero-order valence-corrected chi connectivity index (χ0v) is 15.5. The van der Waals surface area contributed by atoms with Crippen LogP contribution in [-0.2, 0) is 4.74 Å². The van der Waals surface area contributed by atoms with Crippen molar-refractivity contribution in [3.63, 3.8) is 0 Å². The van der Waals surface area contributed by atoms with Gasteiger partial charge in [0.25, 0.3) is 5.56 Å². The van der Waals surface area contributed by atoms with Crippen LogP contribution in [0.15, 0.2) is 29.1 Å². The number of rotatable bonds is 4. The summed E-state index contributed by atoms with van der Waals surface area (Å²) in [4.78, 5) is 22.9. The predicted octanol–water partition coefficient (Wildman–Crippen LogP) is 1.29. The molecule has 0 atom stereocenters. The first-order chi connectivity index (χ1) is 12.7. The lowest BCUT2D eigenvalue weighted by molar-refractivity contribution is 0.0331. The highest BCUT2D eigenvalue weighted by Gasteiger charge is 2.20. The van der Waals surface area contributed by atoms with Crippen molar-refractivity contribution >= 4 is 16.6 Å². The standard InChI is InChI=1S/C20H28N4O2/c1-16-3-2-4-17-15-18(20(25)21-19(16)17)24-9-7-22(8-10-24)5-6-23-11-13-26-14-12-23/h2-4,15H,5-14H2,1H3,(H,21,25). The fourth-order valence-corrected chi connectivity index (χ4v) is 3.93. The Hall–Kier alpha value is -1.89. The summed E-state index contributed by atoms with van der Waals surface area (Å²) in [6, 6.07) is 8.19. The van der Waals surface area contributed by atoms with Gasteiger partial charge in [-0.3, -0.25) is 14.6 Å². The average Bonchev–Trinajstić information content (AvgIpc) is 2.68. The lowest BCUT2D eigenvalue weighted by Crippen LogP contribution is -2.50. The van der Waals surface area contributed by atoms with E-state index >= 15 is 0 Å². The number of pyridine rings is 1. The molecular weight excluding hydrogens is 328 g/mol. The summed E-state index contributed by atoms with van der Waals surface area (Å²) in [5, 5.41) is 1.11. The molecule has 2 aliphatic heterocycles. The first-order valence-corrected chi connectivity index (χ1v) is 9.61. The zero-order valence-electron chi connectivity index (χ0n) is 15.5. The molecule has 0 unspecified atom stereocenters. The summed E-state index contributed by atoms with van der Waals surface area (Å²) in [6.45, 7) is 11.9. The zero-order chi connectivity index (χ0) is 17.9. The minimum absolute atomic E-state index is 0.0218. The van der Waals surface area contributed by atoms with E-state index in [0.717, 1.165) is 87.7 Å². The number of nitrogens with zero attached hydrogens (tertiary/aromatic N) is 3. The monoisotopic (exact) mass is 356 g/mol. The van der Waals surface area contributed by atoms with Crippen molar-refractivity contribution in [2.24, 2.45) is 0 Å². The van der Waals surface area contributed by atoms with Gasteiger partial charge in [0.05, 0.1) is 18.7 Å². The fraction of sp³-hybridized carbons (Fsp3) is 0.550. The van der Waals surface area contributed by atoms with Gasteiger partial charge in [-0.15, -0.1) is 0 Å². The van der Waals surface area contributed by atoms with Crippen molar-refractivity contribution in [1.29, 1.82) is 0 Å². The fourth-order valence-electron chi connectivity index (χ4n) is 3.93. The minimum Gasteiger partial charge on any atom is -0.379 e. The van der Waals surface area contributed by atoms with Gasteiger partial charge in [-0.25, -0.2) is 0 Å². The third-order valence-corrected chi connectivity index (χ3v) is 5.62. The Bertz CT molecular complexity index is 805. The maximum atomic E-state index is 12.6. The van der Waals surface area contributed by atoms with Crippen LogP contribution in [0.25, 0.3) is 10.9 Å². The largest absolute Gasteiger partial charge is 0.379 e. The normalized spacial score (nSPS) is 20.0. The molecule has 0 saturated carbocycles. The van der Waals surface area contributed by atoms with Crippen LogP contribution in [0.4, 0.5) is 5.69 Å². The number of para-hydroxylation sites is 1. The van der Waals surface area contributed by atoms with Crippen molar-refractivity contribution in [2.75, 3.05) is 70.5 Å². The quantitative estimate of drug-likeness (QED) is 0.895. The molecule has 2 aliphatic rings. The van der Waals surface area contributed by atoms with Gasteiger partial charge in [0.1, 0.15) is 5.69 Å². The van der Waals surface area contributed by atoms with Gasteiger partial charge < -0.3 is 14.6 Å².